The first kappa shape index (κ1) is 19.3. The molecule has 1 saturated heterocycles. The van der Waals surface area contributed by atoms with Crippen LogP contribution in [-0.4, -0.2) is 55.2 Å². The second-order valence-corrected chi connectivity index (χ2v) is 6.78. The molecule has 1 aromatic carbocycles. The van der Waals surface area contributed by atoms with Crippen molar-refractivity contribution in [2.24, 2.45) is 10.7 Å². The SMILES string of the molecule is NC(=NCCOc1cccc(C(F)(F)F)c1)N1CCN(c2nccs2)CC1. The lowest BCUT2D eigenvalue weighted by molar-refractivity contribution is -0.137. The fourth-order valence-electron chi connectivity index (χ4n) is 2.68. The van der Waals surface area contributed by atoms with Crippen molar-refractivity contribution in [3.8, 4) is 5.75 Å². The predicted molar refractivity (Wildman–Crippen MR) is 99.3 cm³/mol. The van der Waals surface area contributed by atoms with Crippen LogP contribution >= 0.6 is 11.3 Å². The maximum absolute atomic E-state index is 12.7. The number of aromatic nitrogens is 1. The van der Waals surface area contributed by atoms with Crippen LogP contribution in [0.4, 0.5) is 18.3 Å². The van der Waals surface area contributed by atoms with E-state index in [9.17, 15) is 13.2 Å². The number of halogens is 3. The molecule has 0 saturated carbocycles. The zero-order valence-corrected chi connectivity index (χ0v) is 15.3. The Kier molecular flexibility index (Phi) is 6.04. The molecule has 1 aliphatic rings. The summed E-state index contributed by atoms with van der Waals surface area (Å²) in [4.78, 5) is 12.7. The molecule has 1 aliphatic heterocycles. The number of rotatable bonds is 5. The van der Waals surface area contributed by atoms with Crippen molar-refractivity contribution in [3.63, 3.8) is 0 Å². The van der Waals surface area contributed by atoms with Gasteiger partial charge in [0, 0.05) is 37.8 Å². The van der Waals surface area contributed by atoms with Crippen molar-refractivity contribution in [2.75, 3.05) is 44.2 Å². The van der Waals surface area contributed by atoms with Gasteiger partial charge in [-0.05, 0) is 18.2 Å². The number of thiazole rings is 1. The number of aliphatic imine (C=N–C) groups is 1. The normalized spacial score (nSPS) is 15.9. The second-order valence-electron chi connectivity index (χ2n) is 5.90. The smallest absolute Gasteiger partial charge is 0.416 e. The molecule has 0 amide bonds. The van der Waals surface area contributed by atoms with Crippen molar-refractivity contribution in [2.45, 2.75) is 6.18 Å². The van der Waals surface area contributed by atoms with E-state index < -0.39 is 11.7 Å². The minimum atomic E-state index is -4.39. The number of hydrogen-bond donors (Lipinski definition) is 1. The Hall–Kier alpha value is -2.49. The first-order chi connectivity index (χ1) is 12.9. The van der Waals surface area contributed by atoms with Crippen LogP contribution in [0.3, 0.4) is 0 Å². The van der Waals surface area contributed by atoms with Crippen molar-refractivity contribution in [1.29, 1.82) is 0 Å². The monoisotopic (exact) mass is 399 g/mol. The number of benzene rings is 1. The number of piperazine rings is 1. The molecular weight excluding hydrogens is 379 g/mol. The Bertz CT molecular complexity index is 758. The van der Waals surface area contributed by atoms with Crippen LogP contribution in [0.15, 0.2) is 40.8 Å². The Morgan fingerprint density at radius 2 is 2.04 bits per heavy atom. The molecule has 0 aliphatic carbocycles. The molecule has 0 spiro atoms. The van der Waals surface area contributed by atoms with E-state index in [1.165, 1.54) is 12.1 Å². The summed E-state index contributed by atoms with van der Waals surface area (Å²) in [6.07, 6.45) is -2.60. The van der Waals surface area contributed by atoms with E-state index >= 15 is 0 Å². The van der Waals surface area contributed by atoms with Crippen LogP contribution in [0, 0.1) is 0 Å². The first-order valence-electron chi connectivity index (χ1n) is 8.43. The summed E-state index contributed by atoms with van der Waals surface area (Å²) in [5.41, 5.74) is 5.28. The summed E-state index contributed by atoms with van der Waals surface area (Å²) < 4.78 is 43.4. The van der Waals surface area contributed by atoms with Gasteiger partial charge in [0.25, 0.3) is 0 Å². The van der Waals surface area contributed by atoms with Gasteiger partial charge >= 0.3 is 6.18 Å². The van der Waals surface area contributed by atoms with Gasteiger partial charge in [0.2, 0.25) is 0 Å². The molecule has 0 atom stereocenters. The molecule has 10 heteroatoms. The Balaban J connectivity index is 1.44. The van der Waals surface area contributed by atoms with E-state index in [0.29, 0.717) is 5.96 Å². The quantitative estimate of drug-likeness (QED) is 0.476. The molecule has 2 aromatic rings. The van der Waals surface area contributed by atoms with Crippen LogP contribution in [0.5, 0.6) is 5.75 Å². The Morgan fingerprint density at radius 3 is 2.70 bits per heavy atom. The summed E-state index contributed by atoms with van der Waals surface area (Å²) in [6.45, 7) is 3.53. The van der Waals surface area contributed by atoms with Crippen molar-refractivity contribution < 1.29 is 17.9 Å². The number of alkyl halides is 3. The molecule has 3 rings (SSSR count). The average molecular weight is 399 g/mol. The molecule has 27 heavy (non-hydrogen) atoms. The number of anilines is 1. The van der Waals surface area contributed by atoms with Gasteiger partial charge in [-0.2, -0.15) is 13.2 Å². The fourth-order valence-corrected chi connectivity index (χ4v) is 3.38. The summed E-state index contributed by atoms with van der Waals surface area (Å²) in [6, 6.07) is 4.79. The molecule has 2 N–H and O–H groups in total. The maximum Gasteiger partial charge on any atom is 0.416 e. The molecule has 2 heterocycles. The second kappa shape index (κ2) is 8.47. The summed E-state index contributed by atoms with van der Waals surface area (Å²) in [7, 11) is 0. The van der Waals surface area contributed by atoms with Gasteiger partial charge < -0.3 is 20.3 Å². The van der Waals surface area contributed by atoms with Gasteiger partial charge in [-0.15, -0.1) is 11.3 Å². The lowest BCUT2D eigenvalue weighted by atomic mass is 10.2. The third-order valence-corrected chi connectivity index (χ3v) is 4.92. The Morgan fingerprint density at radius 1 is 1.26 bits per heavy atom. The molecule has 1 aromatic heterocycles. The van der Waals surface area contributed by atoms with Gasteiger partial charge in [0.05, 0.1) is 12.1 Å². The third kappa shape index (κ3) is 5.25. The van der Waals surface area contributed by atoms with Crippen molar-refractivity contribution >= 4 is 22.4 Å². The average Bonchev–Trinajstić information content (AvgIpc) is 3.19. The third-order valence-electron chi connectivity index (χ3n) is 4.09. The maximum atomic E-state index is 12.7. The van der Waals surface area contributed by atoms with E-state index in [0.717, 1.165) is 43.4 Å². The molecule has 0 bridgehead atoms. The number of hydrogen-bond acceptors (Lipinski definition) is 5. The molecule has 1 fully saturated rings. The lowest BCUT2D eigenvalue weighted by Crippen LogP contribution is -2.51. The van der Waals surface area contributed by atoms with E-state index in [2.05, 4.69) is 14.9 Å². The molecule has 6 nitrogen and oxygen atoms in total. The minimum absolute atomic E-state index is 0.154. The zero-order chi connectivity index (χ0) is 19.3. The van der Waals surface area contributed by atoms with Crippen LogP contribution < -0.4 is 15.4 Å². The topological polar surface area (TPSA) is 67.0 Å². The lowest BCUT2D eigenvalue weighted by Gasteiger charge is -2.35. The predicted octanol–water partition coefficient (Wildman–Crippen LogP) is 2.68. The van der Waals surface area contributed by atoms with Crippen LogP contribution in [0.1, 0.15) is 5.56 Å². The standard InChI is InChI=1S/C17H20F3N5OS/c18-17(19,20)13-2-1-3-14(12-13)26-10-4-22-15(21)24-6-8-25(9-7-24)16-23-5-11-27-16/h1-3,5,11-12H,4,6-10H2,(H2,21,22). The molecule has 0 unspecified atom stereocenters. The number of guanidine groups is 1. The van der Waals surface area contributed by atoms with Gasteiger partial charge in [-0.3, -0.25) is 0 Å². The number of nitrogens with zero attached hydrogens (tertiary/aromatic N) is 4. The van der Waals surface area contributed by atoms with E-state index in [1.807, 2.05) is 10.3 Å². The molecule has 0 radical (unpaired) electrons. The van der Waals surface area contributed by atoms with Crippen LogP contribution in [0.2, 0.25) is 0 Å². The van der Waals surface area contributed by atoms with Gasteiger partial charge in [-0.1, -0.05) is 6.07 Å². The van der Waals surface area contributed by atoms with Gasteiger partial charge in [-0.25, -0.2) is 9.98 Å². The van der Waals surface area contributed by atoms with Gasteiger partial charge in [0.15, 0.2) is 11.1 Å². The number of nitrogens with two attached hydrogens (primary N) is 1. The van der Waals surface area contributed by atoms with Crippen LogP contribution in [-0.2, 0) is 6.18 Å². The minimum Gasteiger partial charge on any atom is -0.492 e. The largest absolute Gasteiger partial charge is 0.492 e. The summed E-state index contributed by atoms with van der Waals surface area (Å²) >= 11 is 1.60. The van der Waals surface area contributed by atoms with E-state index in [4.69, 9.17) is 10.5 Å². The van der Waals surface area contributed by atoms with Crippen molar-refractivity contribution in [3.05, 3.63) is 41.4 Å². The van der Waals surface area contributed by atoms with Gasteiger partial charge in [0.1, 0.15) is 12.4 Å². The highest BCUT2D eigenvalue weighted by molar-refractivity contribution is 7.13. The molecular formula is C17H20F3N5OS. The fraction of sp³-hybridized carbons (Fsp3) is 0.412. The zero-order valence-electron chi connectivity index (χ0n) is 14.5. The highest BCUT2D eigenvalue weighted by Gasteiger charge is 2.30. The highest BCUT2D eigenvalue weighted by Crippen LogP contribution is 2.31. The van der Waals surface area contributed by atoms with Crippen LogP contribution in [0.25, 0.3) is 0 Å². The summed E-state index contributed by atoms with van der Waals surface area (Å²) in [5, 5.41) is 2.95. The molecule has 146 valence electrons. The Labute approximate surface area is 159 Å². The highest BCUT2D eigenvalue weighted by atomic mass is 32.1. The van der Waals surface area contributed by atoms with E-state index in [1.54, 1.807) is 17.5 Å². The first-order valence-corrected chi connectivity index (χ1v) is 9.31. The van der Waals surface area contributed by atoms with Crippen molar-refractivity contribution in [1.82, 2.24) is 9.88 Å². The number of ether oxygens (including phenoxy) is 1. The summed E-state index contributed by atoms with van der Waals surface area (Å²) in [5.74, 6) is 0.581. The van der Waals surface area contributed by atoms with E-state index in [-0.39, 0.29) is 18.9 Å².